The summed E-state index contributed by atoms with van der Waals surface area (Å²) in [5, 5.41) is 3.37. The normalized spacial score (nSPS) is 19.7. The molecule has 1 aromatic rings. The maximum atomic E-state index is 5.83. The highest BCUT2D eigenvalue weighted by atomic mass is 16.5. The number of aryl methyl sites for hydroxylation is 1. The van der Waals surface area contributed by atoms with E-state index in [-0.39, 0.29) is 6.10 Å². The molecule has 0 saturated carbocycles. The van der Waals surface area contributed by atoms with Gasteiger partial charge in [-0.2, -0.15) is 0 Å². The van der Waals surface area contributed by atoms with E-state index in [0.29, 0.717) is 19.3 Å². The van der Waals surface area contributed by atoms with Crippen molar-refractivity contribution < 1.29 is 13.9 Å². The highest BCUT2D eigenvalue weighted by Crippen LogP contribution is 2.17. The average molecular weight is 281 g/mol. The summed E-state index contributed by atoms with van der Waals surface area (Å²) in [7, 11) is 0. The van der Waals surface area contributed by atoms with Gasteiger partial charge in [0.05, 0.1) is 19.3 Å². The van der Waals surface area contributed by atoms with Crippen LogP contribution in [-0.2, 0) is 22.6 Å². The van der Waals surface area contributed by atoms with Crippen molar-refractivity contribution in [3.8, 4) is 0 Å². The lowest BCUT2D eigenvalue weighted by Crippen LogP contribution is -2.24. The molecule has 114 valence electrons. The molecule has 1 saturated heterocycles. The van der Waals surface area contributed by atoms with Crippen molar-refractivity contribution in [3.05, 3.63) is 23.2 Å². The lowest BCUT2D eigenvalue weighted by molar-refractivity contribution is -0.0473. The van der Waals surface area contributed by atoms with Crippen LogP contribution in [-0.4, -0.2) is 25.4 Å². The van der Waals surface area contributed by atoms with Gasteiger partial charge in [0, 0.05) is 12.6 Å². The molecule has 1 N–H and O–H groups in total. The van der Waals surface area contributed by atoms with Gasteiger partial charge in [0.25, 0.3) is 0 Å². The Morgan fingerprint density at radius 2 is 2.25 bits per heavy atom. The second-order valence-corrected chi connectivity index (χ2v) is 5.86. The number of hydrogen-bond acceptors (Lipinski definition) is 4. The summed E-state index contributed by atoms with van der Waals surface area (Å²) >= 11 is 0. The van der Waals surface area contributed by atoms with Crippen LogP contribution in [0.5, 0.6) is 0 Å². The molecule has 1 fully saturated rings. The average Bonchev–Trinajstić information content (AvgIpc) is 2.78. The van der Waals surface area contributed by atoms with E-state index in [1.54, 1.807) is 0 Å². The van der Waals surface area contributed by atoms with Crippen LogP contribution in [0.15, 0.2) is 10.5 Å². The van der Waals surface area contributed by atoms with Crippen molar-refractivity contribution in [1.29, 1.82) is 0 Å². The predicted molar refractivity (Wildman–Crippen MR) is 78.7 cm³/mol. The van der Waals surface area contributed by atoms with E-state index in [4.69, 9.17) is 13.9 Å². The van der Waals surface area contributed by atoms with Crippen molar-refractivity contribution in [3.63, 3.8) is 0 Å². The zero-order valence-corrected chi connectivity index (χ0v) is 12.9. The summed E-state index contributed by atoms with van der Waals surface area (Å²) < 4.78 is 17.2. The van der Waals surface area contributed by atoms with Crippen LogP contribution in [0, 0.1) is 6.92 Å². The predicted octanol–water partition coefficient (Wildman–Crippen LogP) is 3.17. The fourth-order valence-electron chi connectivity index (χ4n) is 2.36. The second kappa shape index (κ2) is 7.81. The topological polar surface area (TPSA) is 43.6 Å². The number of nitrogens with one attached hydrogen (secondary N) is 1. The SMILES string of the molecule is Cc1cc(COCC2CCCCO2)oc1CNC(C)C. The molecule has 4 heteroatoms. The Morgan fingerprint density at radius 3 is 2.95 bits per heavy atom. The van der Waals surface area contributed by atoms with Crippen LogP contribution in [0.3, 0.4) is 0 Å². The van der Waals surface area contributed by atoms with Gasteiger partial charge >= 0.3 is 0 Å². The van der Waals surface area contributed by atoms with Crippen LogP contribution in [0.4, 0.5) is 0 Å². The van der Waals surface area contributed by atoms with E-state index < -0.39 is 0 Å². The highest BCUT2D eigenvalue weighted by molar-refractivity contribution is 5.19. The summed E-state index contributed by atoms with van der Waals surface area (Å²) in [6.07, 6.45) is 3.81. The standard InChI is InChI=1S/C16H27NO3/c1-12(2)17-9-16-13(3)8-15(20-16)11-18-10-14-6-4-5-7-19-14/h8,12,14,17H,4-7,9-11H2,1-3H3. The van der Waals surface area contributed by atoms with Crippen molar-refractivity contribution in [2.45, 2.75) is 65.3 Å². The molecule has 4 nitrogen and oxygen atoms in total. The fraction of sp³-hybridized carbons (Fsp3) is 0.750. The summed E-state index contributed by atoms with van der Waals surface area (Å²) in [4.78, 5) is 0. The van der Waals surface area contributed by atoms with Crippen molar-refractivity contribution >= 4 is 0 Å². The molecule has 1 atom stereocenters. The van der Waals surface area contributed by atoms with Gasteiger partial charge in [0.2, 0.25) is 0 Å². The minimum Gasteiger partial charge on any atom is -0.462 e. The van der Waals surface area contributed by atoms with Crippen molar-refractivity contribution in [2.75, 3.05) is 13.2 Å². The molecule has 0 aliphatic carbocycles. The van der Waals surface area contributed by atoms with Gasteiger partial charge in [-0.25, -0.2) is 0 Å². The fourth-order valence-corrected chi connectivity index (χ4v) is 2.36. The van der Waals surface area contributed by atoms with E-state index in [1.165, 1.54) is 18.4 Å². The largest absolute Gasteiger partial charge is 0.462 e. The van der Waals surface area contributed by atoms with Gasteiger partial charge in [-0.3, -0.25) is 0 Å². The highest BCUT2D eigenvalue weighted by Gasteiger charge is 2.14. The van der Waals surface area contributed by atoms with Gasteiger partial charge in [-0.05, 0) is 37.8 Å². The molecular formula is C16H27NO3. The molecule has 2 heterocycles. The molecule has 1 aromatic heterocycles. The maximum Gasteiger partial charge on any atom is 0.130 e. The minimum atomic E-state index is 0.266. The molecule has 0 spiro atoms. The smallest absolute Gasteiger partial charge is 0.130 e. The quantitative estimate of drug-likeness (QED) is 0.833. The number of furan rings is 1. The first kappa shape index (κ1) is 15.5. The Hall–Kier alpha value is -0.840. The van der Waals surface area contributed by atoms with Gasteiger partial charge in [0.1, 0.15) is 18.1 Å². The zero-order chi connectivity index (χ0) is 14.4. The molecule has 1 aliphatic heterocycles. The molecule has 2 rings (SSSR count). The molecule has 0 aromatic carbocycles. The summed E-state index contributed by atoms with van der Waals surface area (Å²) in [5.41, 5.74) is 1.19. The van der Waals surface area contributed by atoms with Crippen LogP contribution >= 0.6 is 0 Å². The lowest BCUT2D eigenvalue weighted by Gasteiger charge is -2.22. The number of rotatable bonds is 7. The Balaban J connectivity index is 1.73. The number of ether oxygens (including phenoxy) is 2. The third kappa shape index (κ3) is 4.93. The van der Waals surface area contributed by atoms with Crippen LogP contribution in [0.2, 0.25) is 0 Å². The molecule has 0 amide bonds. The van der Waals surface area contributed by atoms with Crippen LogP contribution in [0.1, 0.15) is 50.2 Å². The Labute approximate surface area is 121 Å². The Morgan fingerprint density at radius 1 is 1.40 bits per heavy atom. The minimum absolute atomic E-state index is 0.266. The Bertz CT molecular complexity index is 394. The van der Waals surface area contributed by atoms with E-state index >= 15 is 0 Å². The third-order valence-corrected chi connectivity index (χ3v) is 3.56. The van der Waals surface area contributed by atoms with Gasteiger partial charge in [0.15, 0.2) is 0 Å². The van der Waals surface area contributed by atoms with E-state index in [9.17, 15) is 0 Å². The van der Waals surface area contributed by atoms with Gasteiger partial charge in [-0.1, -0.05) is 13.8 Å². The molecule has 20 heavy (non-hydrogen) atoms. The zero-order valence-electron chi connectivity index (χ0n) is 12.9. The van der Waals surface area contributed by atoms with Crippen molar-refractivity contribution in [1.82, 2.24) is 5.32 Å². The lowest BCUT2D eigenvalue weighted by atomic mass is 10.1. The van der Waals surface area contributed by atoms with Crippen molar-refractivity contribution in [2.24, 2.45) is 0 Å². The summed E-state index contributed by atoms with van der Waals surface area (Å²) in [6.45, 7) is 9.18. The summed E-state index contributed by atoms with van der Waals surface area (Å²) in [6, 6.07) is 2.53. The van der Waals surface area contributed by atoms with Crippen LogP contribution < -0.4 is 5.32 Å². The maximum absolute atomic E-state index is 5.83. The monoisotopic (exact) mass is 281 g/mol. The first-order chi connectivity index (χ1) is 9.65. The van der Waals surface area contributed by atoms with Crippen LogP contribution in [0.25, 0.3) is 0 Å². The molecule has 0 radical (unpaired) electrons. The first-order valence-electron chi connectivity index (χ1n) is 7.66. The Kier molecular flexibility index (Phi) is 6.07. The number of hydrogen-bond donors (Lipinski definition) is 1. The first-order valence-corrected chi connectivity index (χ1v) is 7.66. The van der Waals surface area contributed by atoms with E-state index in [0.717, 1.165) is 31.1 Å². The van der Waals surface area contributed by atoms with E-state index in [2.05, 4.69) is 32.2 Å². The molecule has 0 bridgehead atoms. The molecule has 1 unspecified atom stereocenters. The van der Waals surface area contributed by atoms with Gasteiger partial charge < -0.3 is 19.2 Å². The second-order valence-electron chi connectivity index (χ2n) is 5.86. The molecule has 1 aliphatic rings. The van der Waals surface area contributed by atoms with E-state index in [1.807, 2.05) is 0 Å². The van der Waals surface area contributed by atoms with Gasteiger partial charge in [-0.15, -0.1) is 0 Å². The third-order valence-electron chi connectivity index (χ3n) is 3.56. The molecular weight excluding hydrogens is 254 g/mol. The summed E-state index contributed by atoms with van der Waals surface area (Å²) in [5.74, 6) is 1.91.